The van der Waals surface area contributed by atoms with Gasteiger partial charge in [0.2, 0.25) is 0 Å². The van der Waals surface area contributed by atoms with Gasteiger partial charge >= 0.3 is 6.18 Å². The van der Waals surface area contributed by atoms with Gasteiger partial charge in [0.15, 0.2) is 5.54 Å². The zero-order valence-electron chi connectivity index (χ0n) is 11.0. The van der Waals surface area contributed by atoms with Gasteiger partial charge in [0.05, 0.1) is 12.3 Å². The van der Waals surface area contributed by atoms with Crippen LogP contribution in [0.1, 0.15) is 24.5 Å². The van der Waals surface area contributed by atoms with Gasteiger partial charge in [-0.1, -0.05) is 6.07 Å². The van der Waals surface area contributed by atoms with Gasteiger partial charge in [-0.25, -0.2) is 4.39 Å². The van der Waals surface area contributed by atoms with E-state index < -0.39 is 17.5 Å². The summed E-state index contributed by atoms with van der Waals surface area (Å²) >= 11 is 0. The van der Waals surface area contributed by atoms with Crippen molar-refractivity contribution in [1.29, 1.82) is 0 Å². The predicted molar refractivity (Wildman–Crippen MR) is 65.7 cm³/mol. The van der Waals surface area contributed by atoms with Crippen LogP contribution in [-0.4, -0.2) is 34.6 Å². The highest BCUT2D eigenvalue weighted by atomic mass is 19.4. The van der Waals surface area contributed by atoms with Gasteiger partial charge in [-0.05, 0) is 24.6 Å². The van der Waals surface area contributed by atoms with Gasteiger partial charge in [0.1, 0.15) is 5.82 Å². The number of nitrogens with zero attached hydrogens (tertiary/aromatic N) is 2. The van der Waals surface area contributed by atoms with Crippen molar-refractivity contribution in [2.24, 2.45) is 5.10 Å². The molecule has 0 saturated carbocycles. The van der Waals surface area contributed by atoms with Crippen molar-refractivity contribution in [3.63, 3.8) is 0 Å². The normalized spacial score (nSPS) is 23.1. The lowest BCUT2D eigenvalue weighted by Crippen LogP contribution is -2.50. The summed E-state index contributed by atoms with van der Waals surface area (Å²) in [6.45, 7) is 0.655. The standard InChI is InChI=1S/C13H14F4N2O/c1-12(13(15,16)17)6-11(18-19(12)2)10-5-9(14)4-3-8(10)7-20/h3-5,20H,6-7H2,1-2H3. The zero-order valence-corrected chi connectivity index (χ0v) is 11.0. The number of hydrogen-bond donors (Lipinski definition) is 1. The van der Waals surface area contributed by atoms with E-state index >= 15 is 0 Å². The average molecular weight is 290 g/mol. The van der Waals surface area contributed by atoms with Crippen LogP contribution in [0.2, 0.25) is 0 Å². The molecule has 1 aromatic rings. The van der Waals surface area contributed by atoms with Crippen molar-refractivity contribution in [2.75, 3.05) is 7.05 Å². The largest absolute Gasteiger partial charge is 0.413 e. The number of benzene rings is 1. The molecule has 0 bridgehead atoms. The molecule has 7 heteroatoms. The minimum Gasteiger partial charge on any atom is -0.392 e. The van der Waals surface area contributed by atoms with E-state index in [0.717, 1.165) is 24.1 Å². The van der Waals surface area contributed by atoms with E-state index in [1.165, 1.54) is 13.1 Å². The Morgan fingerprint density at radius 2 is 2.05 bits per heavy atom. The molecular formula is C13H14F4N2O. The smallest absolute Gasteiger partial charge is 0.392 e. The van der Waals surface area contributed by atoms with Crippen LogP contribution in [0.15, 0.2) is 23.3 Å². The molecule has 0 radical (unpaired) electrons. The molecular weight excluding hydrogens is 276 g/mol. The molecule has 0 amide bonds. The van der Waals surface area contributed by atoms with Gasteiger partial charge < -0.3 is 5.11 Å². The van der Waals surface area contributed by atoms with Crippen molar-refractivity contribution < 1.29 is 22.7 Å². The minimum absolute atomic E-state index is 0.121. The summed E-state index contributed by atoms with van der Waals surface area (Å²) < 4.78 is 52.6. The monoisotopic (exact) mass is 290 g/mol. The summed E-state index contributed by atoms with van der Waals surface area (Å²) in [7, 11) is 1.23. The molecule has 1 heterocycles. The molecule has 0 saturated heterocycles. The third-order valence-electron chi connectivity index (χ3n) is 3.66. The van der Waals surface area contributed by atoms with Crippen molar-refractivity contribution >= 4 is 5.71 Å². The summed E-state index contributed by atoms with van der Waals surface area (Å²) in [4.78, 5) is 0. The molecule has 2 rings (SSSR count). The van der Waals surface area contributed by atoms with Crippen LogP contribution in [-0.2, 0) is 6.61 Å². The summed E-state index contributed by atoms with van der Waals surface area (Å²) in [6, 6.07) is 3.59. The molecule has 0 aromatic heterocycles. The van der Waals surface area contributed by atoms with E-state index in [1.807, 2.05) is 0 Å². The minimum atomic E-state index is -4.46. The predicted octanol–water partition coefficient (Wildman–Crippen LogP) is 2.68. The van der Waals surface area contributed by atoms with Gasteiger partial charge in [-0.15, -0.1) is 0 Å². The maximum atomic E-state index is 13.3. The van der Waals surface area contributed by atoms with E-state index in [2.05, 4.69) is 5.10 Å². The molecule has 110 valence electrons. The Kier molecular flexibility index (Phi) is 3.49. The molecule has 1 N–H and O–H groups in total. The maximum Gasteiger partial charge on any atom is 0.413 e. The second-order valence-electron chi connectivity index (χ2n) is 4.98. The lowest BCUT2D eigenvalue weighted by Gasteiger charge is -2.33. The van der Waals surface area contributed by atoms with E-state index in [-0.39, 0.29) is 24.3 Å². The molecule has 1 aliphatic rings. The Labute approximate surface area is 113 Å². The molecule has 0 aliphatic carbocycles. The van der Waals surface area contributed by atoms with Gasteiger partial charge in [0, 0.05) is 19.0 Å². The Morgan fingerprint density at radius 1 is 1.40 bits per heavy atom. The van der Waals surface area contributed by atoms with E-state index in [9.17, 15) is 22.7 Å². The van der Waals surface area contributed by atoms with Crippen LogP contribution in [0.5, 0.6) is 0 Å². The number of halogens is 4. The molecule has 0 fully saturated rings. The quantitative estimate of drug-likeness (QED) is 0.850. The Morgan fingerprint density at radius 3 is 2.55 bits per heavy atom. The van der Waals surface area contributed by atoms with Crippen molar-refractivity contribution in [1.82, 2.24) is 5.01 Å². The zero-order chi connectivity index (χ0) is 15.1. The molecule has 20 heavy (non-hydrogen) atoms. The second-order valence-corrected chi connectivity index (χ2v) is 4.98. The van der Waals surface area contributed by atoms with E-state index in [0.29, 0.717) is 5.56 Å². The van der Waals surface area contributed by atoms with Crippen molar-refractivity contribution in [2.45, 2.75) is 31.7 Å². The first-order chi connectivity index (χ1) is 9.19. The molecule has 1 aromatic carbocycles. The first kappa shape index (κ1) is 14.8. The van der Waals surface area contributed by atoms with E-state index in [1.54, 1.807) is 0 Å². The third-order valence-corrected chi connectivity index (χ3v) is 3.66. The van der Waals surface area contributed by atoms with Gasteiger partial charge in [-0.3, -0.25) is 5.01 Å². The van der Waals surface area contributed by atoms with Crippen LogP contribution in [0.3, 0.4) is 0 Å². The highest BCUT2D eigenvalue weighted by Crippen LogP contribution is 2.42. The fourth-order valence-electron chi connectivity index (χ4n) is 2.16. The van der Waals surface area contributed by atoms with Crippen LogP contribution in [0.4, 0.5) is 17.6 Å². The van der Waals surface area contributed by atoms with Crippen LogP contribution < -0.4 is 0 Å². The summed E-state index contributed by atoms with van der Waals surface area (Å²) in [5, 5.41) is 13.9. The fourth-order valence-corrected chi connectivity index (χ4v) is 2.16. The molecule has 1 aliphatic heterocycles. The summed E-state index contributed by atoms with van der Waals surface area (Å²) in [6.07, 6.45) is -4.84. The summed E-state index contributed by atoms with van der Waals surface area (Å²) in [5.74, 6) is -0.580. The average Bonchev–Trinajstić information content (AvgIpc) is 2.66. The topological polar surface area (TPSA) is 35.8 Å². The number of aliphatic hydroxyl groups excluding tert-OH is 1. The summed E-state index contributed by atoms with van der Waals surface area (Å²) in [5.41, 5.74) is -1.44. The maximum absolute atomic E-state index is 13.3. The SMILES string of the molecule is CN1N=C(c2cc(F)ccc2CO)CC1(C)C(F)(F)F. The van der Waals surface area contributed by atoms with Gasteiger partial charge in [-0.2, -0.15) is 18.3 Å². The molecule has 1 atom stereocenters. The second kappa shape index (κ2) is 4.73. The number of hydrazone groups is 1. The fraction of sp³-hybridized carbons (Fsp3) is 0.462. The third kappa shape index (κ3) is 2.26. The first-order valence-corrected chi connectivity index (χ1v) is 5.97. The first-order valence-electron chi connectivity index (χ1n) is 5.97. The van der Waals surface area contributed by atoms with E-state index in [4.69, 9.17) is 0 Å². The lowest BCUT2D eigenvalue weighted by atomic mass is 9.91. The highest BCUT2D eigenvalue weighted by molar-refractivity contribution is 6.03. The number of hydrogen-bond acceptors (Lipinski definition) is 3. The highest BCUT2D eigenvalue weighted by Gasteiger charge is 2.57. The van der Waals surface area contributed by atoms with Crippen LogP contribution in [0, 0.1) is 5.82 Å². The van der Waals surface area contributed by atoms with Crippen molar-refractivity contribution in [3.05, 3.63) is 35.1 Å². The lowest BCUT2D eigenvalue weighted by molar-refractivity contribution is -0.216. The number of rotatable bonds is 2. The van der Waals surface area contributed by atoms with Gasteiger partial charge in [0.25, 0.3) is 0 Å². The molecule has 0 spiro atoms. The molecule has 3 nitrogen and oxygen atoms in total. The number of alkyl halides is 3. The van der Waals surface area contributed by atoms with Crippen LogP contribution in [0.25, 0.3) is 0 Å². The Hall–Kier alpha value is -1.63. The van der Waals surface area contributed by atoms with Crippen LogP contribution >= 0.6 is 0 Å². The number of aliphatic hydroxyl groups is 1. The Bertz CT molecular complexity index is 556. The molecule has 1 unspecified atom stereocenters. The Balaban J connectivity index is 2.42. The van der Waals surface area contributed by atoms with Crippen molar-refractivity contribution in [3.8, 4) is 0 Å².